The summed E-state index contributed by atoms with van der Waals surface area (Å²) in [7, 11) is 1.64. The van der Waals surface area contributed by atoms with E-state index < -0.39 is 0 Å². The van der Waals surface area contributed by atoms with Gasteiger partial charge in [-0.05, 0) is 31.0 Å². The monoisotopic (exact) mass is 386 g/mol. The standard InChI is InChI=1S/C19H23ClN6O/c1-4-14-17-18(24-23-14)21-11-22-19(17)26-7-5-25(6-8-26)15-10-13(20)16(27-3)9-12(15)2/h9-11H,4-8H2,1-3H3,(H,21,22,23,24). The van der Waals surface area contributed by atoms with Gasteiger partial charge in [0.25, 0.3) is 0 Å². The number of anilines is 2. The van der Waals surface area contributed by atoms with Crippen LogP contribution in [0.2, 0.25) is 5.02 Å². The summed E-state index contributed by atoms with van der Waals surface area (Å²) in [6.45, 7) is 7.75. The summed E-state index contributed by atoms with van der Waals surface area (Å²) >= 11 is 6.34. The van der Waals surface area contributed by atoms with Crippen molar-refractivity contribution >= 4 is 34.1 Å². The Hall–Kier alpha value is -2.54. The van der Waals surface area contributed by atoms with Crippen LogP contribution in [0.5, 0.6) is 5.75 Å². The molecule has 3 heterocycles. The Labute approximate surface area is 163 Å². The molecule has 7 nitrogen and oxygen atoms in total. The molecule has 0 atom stereocenters. The molecule has 0 spiro atoms. The van der Waals surface area contributed by atoms with Crippen LogP contribution in [0.1, 0.15) is 18.2 Å². The van der Waals surface area contributed by atoms with Crippen molar-refractivity contribution in [3.8, 4) is 5.75 Å². The molecule has 142 valence electrons. The maximum absolute atomic E-state index is 6.34. The molecule has 1 aliphatic heterocycles. The third-order valence-electron chi connectivity index (χ3n) is 5.15. The highest BCUT2D eigenvalue weighted by Crippen LogP contribution is 2.34. The number of aromatic amines is 1. The number of halogens is 1. The molecular formula is C19H23ClN6O. The number of aryl methyl sites for hydroxylation is 2. The molecule has 8 heteroatoms. The van der Waals surface area contributed by atoms with E-state index in [0.29, 0.717) is 10.8 Å². The first-order valence-corrected chi connectivity index (χ1v) is 9.52. The number of H-pyrrole nitrogens is 1. The van der Waals surface area contributed by atoms with E-state index in [-0.39, 0.29) is 0 Å². The Morgan fingerprint density at radius 1 is 1.15 bits per heavy atom. The van der Waals surface area contributed by atoms with Gasteiger partial charge in [0.2, 0.25) is 0 Å². The van der Waals surface area contributed by atoms with Crippen LogP contribution in [-0.4, -0.2) is 53.5 Å². The Morgan fingerprint density at radius 2 is 1.89 bits per heavy atom. The van der Waals surface area contributed by atoms with Crippen LogP contribution in [0.3, 0.4) is 0 Å². The Morgan fingerprint density at radius 3 is 2.59 bits per heavy atom. The zero-order valence-corrected chi connectivity index (χ0v) is 16.5. The smallest absolute Gasteiger partial charge is 0.186 e. The number of hydrogen-bond acceptors (Lipinski definition) is 6. The van der Waals surface area contributed by atoms with Gasteiger partial charge in [0.05, 0.1) is 17.5 Å². The molecule has 2 aromatic heterocycles. The fraction of sp³-hybridized carbons (Fsp3) is 0.421. The van der Waals surface area contributed by atoms with E-state index >= 15 is 0 Å². The minimum absolute atomic E-state index is 0.643. The first-order chi connectivity index (χ1) is 13.1. The summed E-state index contributed by atoms with van der Waals surface area (Å²) in [5, 5.41) is 9.07. The summed E-state index contributed by atoms with van der Waals surface area (Å²) in [5.41, 5.74) is 4.14. The summed E-state index contributed by atoms with van der Waals surface area (Å²) < 4.78 is 5.32. The van der Waals surface area contributed by atoms with Crippen molar-refractivity contribution in [2.24, 2.45) is 0 Å². The Bertz CT molecular complexity index is 964. The van der Waals surface area contributed by atoms with Crippen LogP contribution in [0.25, 0.3) is 11.0 Å². The number of methoxy groups -OCH3 is 1. The SMILES string of the molecule is CCc1[nH]nc2ncnc(N3CCN(c4cc(Cl)c(OC)cc4C)CC3)c12. The second-order valence-electron chi connectivity index (χ2n) is 6.70. The predicted molar refractivity (Wildman–Crippen MR) is 108 cm³/mol. The maximum atomic E-state index is 6.34. The van der Waals surface area contributed by atoms with Gasteiger partial charge in [0.15, 0.2) is 5.65 Å². The predicted octanol–water partition coefficient (Wildman–Crippen LogP) is 3.21. The molecule has 0 amide bonds. The Balaban J connectivity index is 1.57. The molecule has 0 saturated carbocycles. The molecule has 4 rings (SSSR count). The van der Waals surface area contributed by atoms with Gasteiger partial charge in [-0.1, -0.05) is 18.5 Å². The number of benzene rings is 1. The number of piperazine rings is 1. The van der Waals surface area contributed by atoms with Gasteiger partial charge in [-0.15, -0.1) is 0 Å². The zero-order valence-electron chi connectivity index (χ0n) is 15.8. The van der Waals surface area contributed by atoms with Gasteiger partial charge in [-0.25, -0.2) is 9.97 Å². The van der Waals surface area contributed by atoms with Gasteiger partial charge in [0, 0.05) is 37.6 Å². The highest BCUT2D eigenvalue weighted by Gasteiger charge is 2.23. The number of nitrogens with one attached hydrogen (secondary N) is 1. The highest BCUT2D eigenvalue weighted by atomic mass is 35.5. The minimum atomic E-state index is 0.643. The topological polar surface area (TPSA) is 70.2 Å². The van der Waals surface area contributed by atoms with Crippen LogP contribution in [0, 0.1) is 6.92 Å². The largest absolute Gasteiger partial charge is 0.495 e. The lowest BCUT2D eigenvalue weighted by Gasteiger charge is -2.37. The number of ether oxygens (including phenoxy) is 1. The second kappa shape index (κ2) is 7.23. The average Bonchev–Trinajstić information content (AvgIpc) is 3.13. The van der Waals surface area contributed by atoms with Crippen molar-refractivity contribution in [1.29, 1.82) is 0 Å². The van der Waals surface area contributed by atoms with Crippen molar-refractivity contribution in [2.45, 2.75) is 20.3 Å². The first kappa shape index (κ1) is 17.9. The zero-order chi connectivity index (χ0) is 19.0. The van der Waals surface area contributed by atoms with Crippen molar-refractivity contribution in [2.75, 3.05) is 43.1 Å². The number of hydrogen-bond donors (Lipinski definition) is 1. The van der Waals surface area contributed by atoms with Gasteiger partial charge in [0.1, 0.15) is 17.9 Å². The number of fused-ring (bicyclic) bond motifs is 1. The van der Waals surface area contributed by atoms with Crippen molar-refractivity contribution < 1.29 is 4.74 Å². The van der Waals surface area contributed by atoms with E-state index in [2.05, 4.69) is 43.8 Å². The molecule has 1 aliphatic rings. The molecule has 1 aromatic carbocycles. The molecule has 1 fully saturated rings. The van der Waals surface area contributed by atoms with Crippen LogP contribution in [-0.2, 0) is 6.42 Å². The summed E-state index contributed by atoms with van der Waals surface area (Å²) in [5.74, 6) is 1.68. The third kappa shape index (κ3) is 3.16. The summed E-state index contributed by atoms with van der Waals surface area (Å²) in [4.78, 5) is 13.5. The highest BCUT2D eigenvalue weighted by molar-refractivity contribution is 6.32. The molecule has 0 aliphatic carbocycles. The van der Waals surface area contributed by atoms with Gasteiger partial charge in [-0.3, -0.25) is 5.10 Å². The third-order valence-corrected chi connectivity index (χ3v) is 5.44. The molecule has 0 radical (unpaired) electrons. The summed E-state index contributed by atoms with van der Waals surface area (Å²) in [6, 6.07) is 4.00. The second-order valence-corrected chi connectivity index (χ2v) is 7.11. The van der Waals surface area contributed by atoms with E-state index in [1.807, 2.05) is 12.1 Å². The van der Waals surface area contributed by atoms with Crippen LogP contribution >= 0.6 is 11.6 Å². The lowest BCUT2D eigenvalue weighted by atomic mass is 10.1. The molecule has 1 saturated heterocycles. The van der Waals surface area contributed by atoms with Crippen molar-refractivity contribution in [1.82, 2.24) is 20.2 Å². The molecule has 0 unspecified atom stereocenters. The fourth-order valence-corrected chi connectivity index (χ4v) is 3.93. The number of aromatic nitrogens is 4. The maximum Gasteiger partial charge on any atom is 0.186 e. The van der Waals surface area contributed by atoms with E-state index in [0.717, 1.165) is 66.4 Å². The lowest BCUT2D eigenvalue weighted by molar-refractivity contribution is 0.414. The van der Waals surface area contributed by atoms with Crippen LogP contribution in [0.4, 0.5) is 11.5 Å². The lowest BCUT2D eigenvalue weighted by Crippen LogP contribution is -2.47. The van der Waals surface area contributed by atoms with E-state index in [1.165, 1.54) is 0 Å². The number of rotatable bonds is 4. The van der Waals surface area contributed by atoms with Gasteiger partial charge < -0.3 is 14.5 Å². The normalized spacial score (nSPS) is 14.8. The van der Waals surface area contributed by atoms with Crippen LogP contribution in [0.15, 0.2) is 18.5 Å². The molecule has 27 heavy (non-hydrogen) atoms. The van der Waals surface area contributed by atoms with Crippen molar-refractivity contribution in [3.63, 3.8) is 0 Å². The van der Waals surface area contributed by atoms with Gasteiger partial charge >= 0.3 is 0 Å². The van der Waals surface area contributed by atoms with Gasteiger partial charge in [-0.2, -0.15) is 5.10 Å². The molecular weight excluding hydrogens is 364 g/mol. The molecule has 0 bridgehead atoms. The van der Waals surface area contributed by atoms with E-state index in [1.54, 1.807) is 13.4 Å². The van der Waals surface area contributed by atoms with Crippen LogP contribution < -0.4 is 14.5 Å². The summed E-state index contributed by atoms with van der Waals surface area (Å²) in [6.07, 6.45) is 2.47. The number of nitrogens with zero attached hydrogens (tertiary/aromatic N) is 5. The minimum Gasteiger partial charge on any atom is -0.495 e. The van der Waals surface area contributed by atoms with E-state index in [4.69, 9.17) is 16.3 Å². The molecule has 1 N–H and O–H groups in total. The average molecular weight is 387 g/mol. The van der Waals surface area contributed by atoms with E-state index in [9.17, 15) is 0 Å². The Kier molecular flexibility index (Phi) is 4.78. The van der Waals surface area contributed by atoms with Crippen molar-refractivity contribution in [3.05, 3.63) is 34.7 Å². The first-order valence-electron chi connectivity index (χ1n) is 9.14. The molecule has 3 aromatic rings. The fourth-order valence-electron chi connectivity index (χ4n) is 3.69. The quantitative estimate of drug-likeness (QED) is 0.742.